The van der Waals surface area contributed by atoms with Gasteiger partial charge in [0, 0.05) is 36.9 Å². The summed E-state index contributed by atoms with van der Waals surface area (Å²) < 4.78 is 0. The number of nitrogens with one attached hydrogen (secondary N) is 2. The Hall–Kier alpha value is -1.55. The third kappa shape index (κ3) is 3.47. The molecule has 0 radical (unpaired) electrons. The number of fused-ring (bicyclic) bond motifs is 1. The van der Waals surface area contributed by atoms with Crippen molar-refractivity contribution < 1.29 is 4.79 Å². The number of likely N-dealkylation sites (N-methyl/N-ethyl adjacent to an activating group) is 1. The average Bonchev–Trinajstić information content (AvgIpc) is 2.85. The SMILES string of the molecule is CC(C)N(C)CCNC(=O)c1ccc2c(c1)CCN2. The molecule has 0 bridgehead atoms. The maximum absolute atomic E-state index is 12.0. The first-order valence-corrected chi connectivity index (χ1v) is 6.93. The molecule has 0 saturated heterocycles. The highest BCUT2D eigenvalue weighted by atomic mass is 16.1. The molecule has 2 rings (SSSR count). The van der Waals surface area contributed by atoms with Gasteiger partial charge in [-0.25, -0.2) is 0 Å². The molecule has 104 valence electrons. The molecule has 19 heavy (non-hydrogen) atoms. The smallest absolute Gasteiger partial charge is 0.251 e. The third-order valence-corrected chi connectivity index (χ3v) is 3.71. The molecule has 0 spiro atoms. The molecule has 0 aliphatic carbocycles. The fourth-order valence-electron chi connectivity index (χ4n) is 2.15. The van der Waals surface area contributed by atoms with Crippen LogP contribution in [-0.2, 0) is 6.42 Å². The predicted octanol–water partition coefficient (Wildman–Crippen LogP) is 1.72. The Labute approximate surface area is 115 Å². The van der Waals surface area contributed by atoms with Crippen molar-refractivity contribution in [2.24, 2.45) is 0 Å². The van der Waals surface area contributed by atoms with Crippen molar-refractivity contribution in [1.29, 1.82) is 0 Å². The van der Waals surface area contributed by atoms with Gasteiger partial charge in [-0.1, -0.05) is 0 Å². The lowest BCUT2D eigenvalue weighted by Gasteiger charge is -2.20. The molecule has 2 N–H and O–H groups in total. The first-order valence-electron chi connectivity index (χ1n) is 6.93. The van der Waals surface area contributed by atoms with Gasteiger partial charge < -0.3 is 15.5 Å². The van der Waals surface area contributed by atoms with Gasteiger partial charge in [-0.15, -0.1) is 0 Å². The van der Waals surface area contributed by atoms with Gasteiger partial charge in [0.15, 0.2) is 0 Å². The molecule has 0 aromatic heterocycles. The second-order valence-corrected chi connectivity index (χ2v) is 5.38. The zero-order chi connectivity index (χ0) is 13.8. The number of anilines is 1. The van der Waals surface area contributed by atoms with E-state index in [1.54, 1.807) is 0 Å². The number of carbonyl (C=O) groups excluding carboxylic acids is 1. The molecular formula is C15H23N3O. The topological polar surface area (TPSA) is 44.4 Å². The van der Waals surface area contributed by atoms with Crippen LogP contribution in [0.1, 0.15) is 29.8 Å². The maximum Gasteiger partial charge on any atom is 0.251 e. The summed E-state index contributed by atoms with van der Waals surface area (Å²) in [6.45, 7) is 6.82. The van der Waals surface area contributed by atoms with Crippen LogP contribution >= 0.6 is 0 Å². The van der Waals surface area contributed by atoms with E-state index in [-0.39, 0.29) is 5.91 Å². The number of amides is 1. The quantitative estimate of drug-likeness (QED) is 0.848. The van der Waals surface area contributed by atoms with Gasteiger partial charge in [-0.2, -0.15) is 0 Å². The van der Waals surface area contributed by atoms with E-state index in [1.165, 1.54) is 5.56 Å². The minimum absolute atomic E-state index is 0.0202. The third-order valence-electron chi connectivity index (χ3n) is 3.71. The average molecular weight is 261 g/mol. The van der Waals surface area contributed by atoms with Crippen LogP contribution in [0.5, 0.6) is 0 Å². The highest BCUT2D eigenvalue weighted by molar-refractivity contribution is 5.95. The number of carbonyl (C=O) groups is 1. The molecule has 0 atom stereocenters. The van der Waals surface area contributed by atoms with Crippen LogP contribution in [0.15, 0.2) is 18.2 Å². The molecule has 1 aromatic rings. The van der Waals surface area contributed by atoms with Gasteiger partial charge in [0.1, 0.15) is 0 Å². The van der Waals surface area contributed by atoms with Gasteiger partial charge in [-0.05, 0) is 51.1 Å². The molecule has 4 heteroatoms. The largest absolute Gasteiger partial charge is 0.384 e. The normalized spacial score (nSPS) is 13.5. The summed E-state index contributed by atoms with van der Waals surface area (Å²) in [4.78, 5) is 14.3. The zero-order valence-corrected chi connectivity index (χ0v) is 12.0. The molecule has 1 aromatic carbocycles. The Balaban J connectivity index is 1.86. The van der Waals surface area contributed by atoms with Gasteiger partial charge in [0.2, 0.25) is 0 Å². The summed E-state index contributed by atoms with van der Waals surface area (Å²) in [6, 6.07) is 6.38. The Kier molecular flexibility index (Phi) is 4.43. The van der Waals surface area contributed by atoms with Gasteiger partial charge in [0.05, 0.1) is 0 Å². The highest BCUT2D eigenvalue weighted by Gasteiger charge is 2.13. The van der Waals surface area contributed by atoms with Crippen LogP contribution in [0, 0.1) is 0 Å². The van der Waals surface area contributed by atoms with Crippen molar-refractivity contribution in [2.75, 3.05) is 32.0 Å². The van der Waals surface area contributed by atoms with Crippen molar-refractivity contribution in [3.8, 4) is 0 Å². The van der Waals surface area contributed by atoms with Crippen LogP contribution < -0.4 is 10.6 Å². The monoisotopic (exact) mass is 261 g/mol. The maximum atomic E-state index is 12.0. The molecule has 1 aliphatic heterocycles. The van der Waals surface area contributed by atoms with E-state index < -0.39 is 0 Å². The number of nitrogens with zero attached hydrogens (tertiary/aromatic N) is 1. The van der Waals surface area contributed by atoms with Crippen LogP contribution in [0.2, 0.25) is 0 Å². The van der Waals surface area contributed by atoms with Crippen molar-refractivity contribution in [3.63, 3.8) is 0 Å². The number of benzene rings is 1. The van der Waals surface area contributed by atoms with Crippen molar-refractivity contribution in [3.05, 3.63) is 29.3 Å². The summed E-state index contributed by atoms with van der Waals surface area (Å²) >= 11 is 0. The van der Waals surface area contributed by atoms with Crippen LogP contribution in [0.3, 0.4) is 0 Å². The van der Waals surface area contributed by atoms with Crippen molar-refractivity contribution in [1.82, 2.24) is 10.2 Å². The molecule has 0 saturated carbocycles. The van der Waals surface area contributed by atoms with Crippen LogP contribution in [0.25, 0.3) is 0 Å². The van der Waals surface area contributed by atoms with E-state index >= 15 is 0 Å². The summed E-state index contributed by atoms with van der Waals surface area (Å²) in [5, 5.41) is 6.27. The van der Waals surface area contributed by atoms with Crippen molar-refractivity contribution in [2.45, 2.75) is 26.3 Å². The number of hydrogen-bond donors (Lipinski definition) is 2. The second-order valence-electron chi connectivity index (χ2n) is 5.38. The summed E-state index contributed by atoms with van der Waals surface area (Å²) in [7, 11) is 2.07. The van der Waals surface area contributed by atoms with Crippen molar-refractivity contribution >= 4 is 11.6 Å². The first-order chi connectivity index (χ1) is 9.08. The van der Waals surface area contributed by atoms with Gasteiger partial charge in [-0.3, -0.25) is 4.79 Å². The van der Waals surface area contributed by atoms with E-state index in [1.807, 2.05) is 18.2 Å². The molecule has 0 fully saturated rings. The highest BCUT2D eigenvalue weighted by Crippen LogP contribution is 2.22. The molecule has 4 nitrogen and oxygen atoms in total. The molecular weight excluding hydrogens is 238 g/mol. The lowest BCUT2D eigenvalue weighted by atomic mass is 10.1. The Morgan fingerprint density at radius 1 is 1.47 bits per heavy atom. The number of rotatable bonds is 5. The summed E-state index contributed by atoms with van der Waals surface area (Å²) in [5.41, 5.74) is 3.16. The fourth-order valence-corrected chi connectivity index (χ4v) is 2.15. The second kappa shape index (κ2) is 6.06. The minimum atomic E-state index is 0.0202. The molecule has 1 aliphatic rings. The van der Waals surface area contributed by atoms with E-state index in [2.05, 4.69) is 36.4 Å². The Morgan fingerprint density at radius 2 is 2.26 bits per heavy atom. The lowest BCUT2D eigenvalue weighted by Crippen LogP contribution is -2.36. The molecule has 1 heterocycles. The first kappa shape index (κ1) is 13.9. The van der Waals surface area contributed by atoms with Crippen LogP contribution in [-0.4, -0.2) is 43.5 Å². The van der Waals surface area contributed by atoms with Crippen LogP contribution in [0.4, 0.5) is 5.69 Å². The van der Waals surface area contributed by atoms with E-state index in [0.717, 1.165) is 30.8 Å². The van der Waals surface area contributed by atoms with E-state index in [0.29, 0.717) is 12.6 Å². The molecule has 0 unspecified atom stereocenters. The van der Waals surface area contributed by atoms with E-state index in [9.17, 15) is 4.79 Å². The summed E-state index contributed by atoms with van der Waals surface area (Å²) in [6.07, 6.45) is 1.01. The standard InChI is InChI=1S/C15H23N3O/c1-11(2)18(3)9-8-17-15(19)13-4-5-14-12(10-13)6-7-16-14/h4-5,10-11,16H,6-9H2,1-3H3,(H,17,19). The Bertz CT molecular complexity index is 457. The summed E-state index contributed by atoms with van der Waals surface area (Å²) in [5.74, 6) is 0.0202. The predicted molar refractivity (Wildman–Crippen MR) is 78.7 cm³/mol. The Morgan fingerprint density at radius 3 is 3.00 bits per heavy atom. The van der Waals surface area contributed by atoms with Gasteiger partial charge >= 0.3 is 0 Å². The fraction of sp³-hybridized carbons (Fsp3) is 0.533. The molecule has 1 amide bonds. The van der Waals surface area contributed by atoms with Gasteiger partial charge in [0.25, 0.3) is 5.91 Å². The lowest BCUT2D eigenvalue weighted by molar-refractivity contribution is 0.0948. The zero-order valence-electron chi connectivity index (χ0n) is 12.0. The van der Waals surface area contributed by atoms with E-state index in [4.69, 9.17) is 0 Å². The number of hydrogen-bond acceptors (Lipinski definition) is 3. The minimum Gasteiger partial charge on any atom is -0.384 e.